The van der Waals surface area contributed by atoms with Crippen LogP contribution in [0.1, 0.15) is 59.1 Å². The number of benzene rings is 1. The molecule has 118 valence electrons. The molecule has 2 rings (SSSR count). The van der Waals surface area contributed by atoms with Crippen LogP contribution in [0.3, 0.4) is 0 Å². The van der Waals surface area contributed by atoms with Gasteiger partial charge in [0.2, 0.25) is 0 Å². The molecule has 1 aromatic carbocycles. The summed E-state index contributed by atoms with van der Waals surface area (Å²) in [6.45, 7) is 14.0. The second kappa shape index (κ2) is 6.39. The Morgan fingerprint density at radius 2 is 1.95 bits per heavy atom. The molecule has 0 aromatic heterocycles. The summed E-state index contributed by atoms with van der Waals surface area (Å²) in [5.41, 5.74) is 2.86. The molecule has 0 saturated carbocycles. The van der Waals surface area contributed by atoms with Crippen molar-refractivity contribution >= 4 is 0 Å². The fourth-order valence-electron chi connectivity index (χ4n) is 2.95. The summed E-state index contributed by atoms with van der Waals surface area (Å²) in [6.07, 6.45) is 3.06. The van der Waals surface area contributed by atoms with Gasteiger partial charge in [-0.05, 0) is 48.3 Å². The molecule has 0 N–H and O–H groups in total. The molecule has 0 aliphatic carbocycles. The quantitative estimate of drug-likeness (QED) is 0.706. The zero-order valence-corrected chi connectivity index (χ0v) is 14.4. The molecule has 2 heteroatoms. The Hall–Kier alpha value is -1.02. The highest BCUT2D eigenvalue weighted by Crippen LogP contribution is 2.36. The predicted molar refractivity (Wildman–Crippen MR) is 88.1 cm³/mol. The number of epoxide rings is 1. The van der Waals surface area contributed by atoms with E-state index in [9.17, 15) is 0 Å². The highest BCUT2D eigenvalue weighted by Gasteiger charge is 2.41. The van der Waals surface area contributed by atoms with Gasteiger partial charge in [0.25, 0.3) is 0 Å². The predicted octanol–water partition coefficient (Wildman–Crippen LogP) is 4.74. The van der Waals surface area contributed by atoms with E-state index in [1.807, 2.05) is 6.92 Å². The molecule has 0 radical (unpaired) electrons. The van der Waals surface area contributed by atoms with Gasteiger partial charge in [-0.2, -0.15) is 0 Å². The molecule has 1 saturated heterocycles. The highest BCUT2D eigenvalue weighted by atomic mass is 16.6. The first kappa shape index (κ1) is 16.4. The highest BCUT2D eigenvalue weighted by molar-refractivity contribution is 5.40. The normalized spacial score (nSPS) is 23.0. The molecule has 0 amide bonds. The van der Waals surface area contributed by atoms with Crippen molar-refractivity contribution < 1.29 is 9.47 Å². The van der Waals surface area contributed by atoms with Gasteiger partial charge in [0.1, 0.15) is 5.75 Å². The van der Waals surface area contributed by atoms with Crippen LogP contribution in [0.4, 0.5) is 0 Å². The average Bonchev–Trinajstić information content (AvgIpc) is 3.19. The zero-order chi connectivity index (χ0) is 15.6. The van der Waals surface area contributed by atoms with Crippen molar-refractivity contribution in [1.29, 1.82) is 0 Å². The maximum atomic E-state index is 5.82. The molecule has 21 heavy (non-hydrogen) atoms. The van der Waals surface area contributed by atoms with Crippen molar-refractivity contribution in [2.24, 2.45) is 5.92 Å². The average molecular weight is 290 g/mol. The van der Waals surface area contributed by atoms with Crippen molar-refractivity contribution in [3.05, 3.63) is 29.3 Å². The van der Waals surface area contributed by atoms with E-state index in [2.05, 4.69) is 52.8 Å². The maximum absolute atomic E-state index is 5.82. The van der Waals surface area contributed by atoms with Crippen LogP contribution in [0.5, 0.6) is 5.75 Å². The number of ether oxygens (including phenoxy) is 2. The van der Waals surface area contributed by atoms with Gasteiger partial charge in [-0.25, -0.2) is 0 Å². The standard InChI is InChI=1S/C19H30O2/c1-7-16-18(21-16)13(3)11-14-12-15(19(4,5)6)9-10-17(14)20-8-2/h9-10,12-13,16,18H,7-8,11H2,1-6H3. The van der Waals surface area contributed by atoms with E-state index in [1.54, 1.807) is 0 Å². The van der Waals surface area contributed by atoms with Crippen molar-refractivity contribution in [1.82, 2.24) is 0 Å². The Labute approximate surface area is 129 Å². The lowest BCUT2D eigenvalue weighted by atomic mass is 9.84. The maximum Gasteiger partial charge on any atom is 0.122 e. The summed E-state index contributed by atoms with van der Waals surface area (Å²) < 4.78 is 11.6. The SMILES string of the molecule is CCOc1ccc(C(C)(C)C)cc1CC(C)C1OC1CC. The first-order chi connectivity index (χ1) is 9.86. The lowest BCUT2D eigenvalue weighted by Gasteiger charge is -2.22. The molecule has 1 fully saturated rings. The Balaban J connectivity index is 2.18. The lowest BCUT2D eigenvalue weighted by Crippen LogP contribution is -2.14. The fraction of sp³-hybridized carbons (Fsp3) is 0.684. The zero-order valence-electron chi connectivity index (χ0n) is 14.4. The summed E-state index contributed by atoms with van der Waals surface area (Å²) in [5.74, 6) is 1.58. The Morgan fingerprint density at radius 1 is 1.24 bits per heavy atom. The van der Waals surface area contributed by atoms with E-state index in [-0.39, 0.29) is 5.41 Å². The number of hydrogen-bond donors (Lipinski definition) is 0. The number of hydrogen-bond acceptors (Lipinski definition) is 2. The minimum absolute atomic E-state index is 0.171. The van der Waals surface area contributed by atoms with Crippen LogP contribution < -0.4 is 4.74 Å². The third kappa shape index (κ3) is 4.00. The van der Waals surface area contributed by atoms with Crippen molar-refractivity contribution in [2.45, 2.75) is 72.0 Å². The van der Waals surface area contributed by atoms with Gasteiger partial charge >= 0.3 is 0 Å². The van der Waals surface area contributed by atoms with Crippen molar-refractivity contribution in [3.63, 3.8) is 0 Å². The third-order valence-electron chi connectivity index (χ3n) is 4.35. The smallest absolute Gasteiger partial charge is 0.122 e. The third-order valence-corrected chi connectivity index (χ3v) is 4.35. The summed E-state index contributed by atoms with van der Waals surface area (Å²) in [7, 11) is 0. The molecule has 3 atom stereocenters. The molecule has 1 aliphatic heterocycles. The van der Waals surface area contributed by atoms with Crippen molar-refractivity contribution in [2.75, 3.05) is 6.61 Å². The monoisotopic (exact) mass is 290 g/mol. The van der Waals surface area contributed by atoms with Crippen LogP contribution >= 0.6 is 0 Å². The molecule has 3 unspecified atom stereocenters. The van der Waals surface area contributed by atoms with Gasteiger partial charge in [0, 0.05) is 0 Å². The number of rotatable bonds is 6. The van der Waals surface area contributed by atoms with Gasteiger partial charge in [-0.3, -0.25) is 0 Å². The van der Waals surface area contributed by atoms with Gasteiger partial charge in [-0.1, -0.05) is 46.8 Å². The van der Waals surface area contributed by atoms with Crippen molar-refractivity contribution in [3.8, 4) is 5.75 Å². The van der Waals surface area contributed by atoms with E-state index >= 15 is 0 Å². The Morgan fingerprint density at radius 3 is 2.48 bits per heavy atom. The summed E-state index contributed by atoms with van der Waals surface area (Å²) in [4.78, 5) is 0. The Kier molecular flexibility index (Phi) is 4.98. The second-order valence-electron chi connectivity index (χ2n) is 7.23. The summed E-state index contributed by atoms with van der Waals surface area (Å²) >= 11 is 0. The van der Waals surface area contributed by atoms with Gasteiger partial charge in [0.15, 0.2) is 0 Å². The molecule has 1 heterocycles. The van der Waals surface area contributed by atoms with Crippen LogP contribution in [0.25, 0.3) is 0 Å². The summed E-state index contributed by atoms with van der Waals surface area (Å²) in [6, 6.07) is 6.66. The molecular weight excluding hydrogens is 260 g/mol. The topological polar surface area (TPSA) is 21.8 Å². The van der Waals surface area contributed by atoms with Crippen LogP contribution in [0.2, 0.25) is 0 Å². The molecule has 2 nitrogen and oxygen atoms in total. The van der Waals surface area contributed by atoms with Gasteiger partial charge in [0.05, 0.1) is 18.8 Å². The largest absolute Gasteiger partial charge is 0.494 e. The fourth-order valence-corrected chi connectivity index (χ4v) is 2.95. The molecule has 0 spiro atoms. The first-order valence-corrected chi connectivity index (χ1v) is 8.28. The van der Waals surface area contributed by atoms with E-state index in [4.69, 9.17) is 9.47 Å². The molecule has 1 aromatic rings. The molecule has 0 bridgehead atoms. The minimum Gasteiger partial charge on any atom is -0.494 e. The summed E-state index contributed by atoms with van der Waals surface area (Å²) in [5, 5.41) is 0. The minimum atomic E-state index is 0.171. The van der Waals surface area contributed by atoms with E-state index in [0.717, 1.165) is 18.6 Å². The van der Waals surface area contributed by atoms with Crippen LogP contribution in [0, 0.1) is 5.92 Å². The lowest BCUT2D eigenvalue weighted by molar-refractivity contribution is 0.314. The van der Waals surface area contributed by atoms with E-state index in [1.165, 1.54) is 11.1 Å². The molecular formula is C19H30O2. The van der Waals surface area contributed by atoms with E-state index in [0.29, 0.717) is 24.7 Å². The van der Waals surface area contributed by atoms with Crippen LogP contribution in [-0.2, 0) is 16.6 Å². The Bertz CT molecular complexity index is 473. The second-order valence-corrected chi connectivity index (χ2v) is 7.23. The molecule has 1 aliphatic rings. The van der Waals surface area contributed by atoms with Gasteiger partial charge in [-0.15, -0.1) is 0 Å². The van der Waals surface area contributed by atoms with Gasteiger partial charge < -0.3 is 9.47 Å². The van der Waals surface area contributed by atoms with Crippen LogP contribution in [-0.4, -0.2) is 18.8 Å². The van der Waals surface area contributed by atoms with E-state index < -0.39 is 0 Å². The first-order valence-electron chi connectivity index (χ1n) is 8.28. The van der Waals surface area contributed by atoms with Crippen LogP contribution in [0.15, 0.2) is 18.2 Å².